The average molecular weight is 734 g/mol. The summed E-state index contributed by atoms with van der Waals surface area (Å²) in [5.41, 5.74) is 2.30. The highest BCUT2D eigenvalue weighted by atomic mass is 32.1. The number of methoxy groups -OCH3 is 1. The Balaban J connectivity index is 1.60. The summed E-state index contributed by atoms with van der Waals surface area (Å²) in [5, 5.41) is 9.08. The number of carbonyl (C=O) groups is 1. The molecule has 2 saturated heterocycles. The molecule has 4 heterocycles. The summed E-state index contributed by atoms with van der Waals surface area (Å²) in [6.45, 7) is 3.96. The Morgan fingerprint density at radius 3 is 2.65 bits per heavy atom. The van der Waals surface area contributed by atoms with E-state index in [9.17, 15) is 18.8 Å². The predicted molar refractivity (Wildman–Crippen MR) is 180 cm³/mol. The van der Waals surface area contributed by atoms with Crippen molar-refractivity contribution < 1.29 is 40.6 Å². The number of aromatic nitrogens is 2. The van der Waals surface area contributed by atoms with E-state index in [1.807, 2.05) is 0 Å². The standard InChI is InChI=1S/C34H33F6N7O3S/c1-5-25(48)47-9-8-23(24(47)15-49-4)46(3)32-19-11-21(34(38,39)40)27(18-6-7-22(36)30-26(18)20(12-41)31(42)51-30)28(37)29(19)43-33(44-32)50-14-17-10-16(35)13-45(17)2/h5-7,11,16-17,23-24H,1,8-10,13-15,42H2,2-4H3. The minimum absolute atomic E-state index is 0.0667. The summed E-state index contributed by atoms with van der Waals surface area (Å²) < 4.78 is 102. The number of ether oxygens (including phenoxy) is 2. The van der Waals surface area contributed by atoms with E-state index < -0.39 is 58.3 Å². The van der Waals surface area contributed by atoms with Crippen molar-refractivity contribution in [3.63, 3.8) is 0 Å². The molecule has 4 unspecified atom stereocenters. The third-order valence-electron chi connectivity index (χ3n) is 9.57. The minimum Gasteiger partial charge on any atom is -0.462 e. The van der Waals surface area contributed by atoms with Gasteiger partial charge in [0.1, 0.15) is 41.0 Å². The first-order chi connectivity index (χ1) is 24.2. The number of fused-ring (bicyclic) bond motifs is 2. The van der Waals surface area contributed by atoms with E-state index >= 15 is 17.6 Å². The molecule has 0 bridgehead atoms. The van der Waals surface area contributed by atoms with Gasteiger partial charge in [-0.2, -0.15) is 28.4 Å². The molecule has 0 saturated carbocycles. The maximum Gasteiger partial charge on any atom is 0.417 e. The Morgan fingerprint density at radius 1 is 1.27 bits per heavy atom. The van der Waals surface area contributed by atoms with Gasteiger partial charge in [0.15, 0.2) is 5.82 Å². The van der Waals surface area contributed by atoms with E-state index in [4.69, 9.17) is 15.2 Å². The van der Waals surface area contributed by atoms with Gasteiger partial charge in [0.25, 0.3) is 0 Å². The normalized spacial score (nSPS) is 21.1. The number of anilines is 2. The van der Waals surface area contributed by atoms with Crippen molar-refractivity contribution in [2.75, 3.05) is 58.1 Å². The molecular formula is C34H33F6N7O3S. The topological polar surface area (TPSA) is 121 Å². The fraction of sp³-hybridized carbons (Fsp3) is 0.412. The Bertz CT molecular complexity index is 2070. The SMILES string of the molecule is C=CC(=O)N1CCC(N(C)c2nc(OCC3CC(F)CN3C)nc3c(F)c(-c4ccc(F)c5sc(N)c(C#N)c45)c(C(F)(F)F)cc23)C1COC. The van der Waals surface area contributed by atoms with Crippen LogP contribution >= 0.6 is 11.3 Å². The number of halogens is 6. The van der Waals surface area contributed by atoms with E-state index in [0.29, 0.717) is 23.8 Å². The number of alkyl halides is 4. The second-order valence-corrected chi connectivity index (χ2v) is 13.6. The van der Waals surface area contributed by atoms with Gasteiger partial charge in [-0.05, 0) is 43.7 Å². The number of nitrogens with zero attached hydrogens (tertiary/aromatic N) is 6. The second kappa shape index (κ2) is 13.8. The molecule has 10 nitrogen and oxygen atoms in total. The molecule has 2 N–H and O–H groups in total. The van der Waals surface area contributed by atoms with Crippen LogP contribution < -0.4 is 15.4 Å². The first kappa shape index (κ1) is 36.1. The lowest BCUT2D eigenvalue weighted by Crippen LogP contribution is -2.48. The highest BCUT2D eigenvalue weighted by Gasteiger charge is 2.42. The molecule has 0 spiro atoms. The monoisotopic (exact) mass is 733 g/mol. The first-order valence-corrected chi connectivity index (χ1v) is 16.7. The van der Waals surface area contributed by atoms with Crippen LogP contribution in [0.15, 0.2) is 30.9 Å². The van der Waals surface area contributed by atoms with E-state index in [1.165, 1.54) is 12.0 Å². The summed E-state index contributed by atoms with van der Waals surface area (Å²) in [6.07, 6.45) is -4.59. The van der Waals surface area contributed by atoms with Crippen LogP contribution in [0.4, 0.5) is 37.2 Å². The van der Waals surface area contributed by atoms with Gasteiger partial charge in [0, 0.05) is 49.6 Å². The number of hydrogen-bond donors (Lipinski definition) is 1. The van der Waals surface area contributed by atoms with Crippen LogP contribution in [0.1, 0.15) is 24.0 Å². The molecular weight excluding hydrogens is 700 g/mol. The van der Waals surface area contributed by atoms with E-state index in [-0.39, 0.29) is 82.5 Å². The second-order valence-electron chi connectivity index (χ2n) is 12.6. The highest BCUT2D eigenvalue weighted by molar-refractivity contribution is 7.23. The predicted octanol–water partition coefficient (Wildman–Crippen LogP) is 5.92. The fourth-order valence-electron chi connectivity index (χ4n) is 7.11. The Hall–Kier alpha value is -4.66. The van der Waals surface area contributed by atoms with Gasteiger partial charge in [-0.15, -0.1) is 11.3 Å². The van der Waals surface area contributed by atoms with Crippen LogP contribution in [-0.2, 0) is 15.7 Å². The lowest BCUT2D eigenvalue weighted by molar-refractivity contribution is -0.137. The summed E-state index contributed by atoms with van der Waals surface area (Å²) in [4.78, 5) is 26.2. The fourth-order valence-corrected chi connectivity index (χ4v) is 8.06. The first-order valence-electron chi connectivity index (χ1n) is 15.8. The quantitative estimate of drug-likeness (QED) is 0.165. The van der Waals surface area contributed by atoms with E-state index in [1.54, 1.807) is 30.0 Å². The number of benzene rings is 2. The van der Waals surface area contributed by atoms with Gasteiger partial charge in [-0.1, -0.05) is 12.6 Å². The van der Waals surface area contributed by atoms with Crippen LogP contribution in [0, 0.1) is 23.0 Å². The largest absolute Gasteiger partial charge is 0.462 e. The molecule has 2 aliphatic heterocycles. The van der Waals surface area contributed by atoms with Gasteiger partial charge >= 0.3 is 12.2 Å². The number of nitrogens with two attached hydrogens (primary N) is 1. The lowest BCUT2D eigenvalue weighted by Gasteiger charge is -2.34. The van der Waals surface area contributed by atoms with Crippen molar-refractivity contribution in [3.8, 4) is 23.2 Å². The van der Waals surface area contributed by atoms with Gasteiger partial charge in [-0.3, -0.25) is 9.69 Å². The van der Waals surface area contributed by atoms with Crippen LogP contribution in [0.2, 0.25) is 0 Å². The number of carbonyl (C=O) groups excluding carboxylic acids is 1. The van der Waals surface area contributed by atoms with Crippen LogP contribution in [0.25, 0.3) is 32.1 Å². The van der Waals surface area contributed by atoms with Crippen LogP contribution in [-0.4, -0.2) is 97.5 Å². The number of rotatable bonds is 9. The highest BCUT2D eigenvalue weighted by Crippen LogP contribution is 2.48. The maximum atomic E-state index is 17.1. The third kappa shape index (κ3) is 6.40. The van der Waals surface area contributed by atoms with Gasteiger partial charge in [0.2, 0.25) is 5.91 Å². The van der Waals surface area contributed by atoms with Crippen molar-refractivity contribution in [2.45, 2.75) is 43.3 Å². The van der Waals surface area contributed by atoms with Gasteiger partial charge < -0.3 is 25.0 Å². The van der Waals surface area contributed by atoms with Crippen molar-refractivity contribution >= 4 is 49.1 Å². The molecule has 51 heavy (non-hydrogen) atoms. The number of nitrogen functional groups attached to an aromatic ring is 1. The zero-order chi connectivity index (χ0) is 36.9. The maximum absolute atomic E-state index is 17.1. The zero-order valence-electron chi connectivity index (χ0n) is 27.7. The third-order valence-corrected chi connectivity index (χ3v) is 10.6. The lowest BCUT2D eigenvalue weighted by atomic mass is 9.92. The van der Waals surface area contributed by atoms with Crippen molar-refractivity contribution in [1.82, 2.24) is 19.8 Å². The Morgan fingerprint density at radius 2 is 2.02 bits per heavy atom. The summed E-state index contributed by atoms with van der Waals surface area (Å²) in [6, 6.07) is 2.46. The molecule has 1 amide bonds. The number of thiophene rings is 1. The van der Waals surface area contributed by atoms with Gasteiger partial charge in [-0.25, -0.2) is 13.2 Å². The van der Waals surface area contributed by atoms with E-state index in [0.717, 1.165) is 18.2 Å². The molecule has 6 rings (SSSR count). The van der Waals surface area contributed by atoms with Crippen molar-refractivity contribution in [1.29, 1.82) is 5.26 Å². The van der Waals surface area contributed by atoms with Crippen LogP contribution in [0.3, 0.4) is 0 Å². The van der Waals surface area contributed by atoms with E-state index in [2.05, 4.69) is 16.5 Å². The molecule has 270 valence electrons. The number of hydrogen-bond acceptors (Lipinski definition) is 10. The van der Waals surface area contributed by atoms with Gasteiger partial charge in [0.05, 0.1) is 34.5 Å². The molecule has 2 aromatic carbocycles. The summed E-state index contributed by atoms with van der Waals surface area (Å²) in [7, 11) is 4.70. The molecule has 17 heteroatoms. The van der Waals surface area contributed by atoms with Crippen molar-refractivity contribution in [2.24, 2.45) is 0 Å². The minimum atomic E-state index is -5.15. The molecule has 0 radical (unpaired) electrons. The smallest absolute Gasteiger partial charge is 0.417 e. The van der Waals surface area contributed by atoms with Crippen molar-refractivity contribution in [3.05, 3.63) is 53.6 Å². The number of amides is 1. The average Bonchev–Trinajstić information content (AvgIpc) is 3.76. The Kier molecular flexibility index (Phi) is 9.79. The molecule has 0 aliphatic carbocycles. The molecule has 2 fully saturated rings. The number of likely N-dealkylation sites (tertiary alicyclic amines) is 2. The zero-order valence-corrected chi connectivity index (χ0v) is 28.5. The summed E-state index contributed by atoms with van der Waals surface area (Å²) in [5.74, 6) is -2.77. The molecule has 2 aliphatic rings. The Labute approximate surface area is 292 Å². The number of nitriles is 1. The summed E-state index contributed by atoms with van der Waals surface area (Å²) >= 11 is 0.661. The molecule has 4 atom stereocenters. The number of likely N-dealkylation sites (N-methyl/N-ethyl adjacent to an activating group) is 2. The van der Waals surface area contributed by atoms with Crippen LogP contribution in [0.5, 0.6) is 6.01 Å². The molecule has 4 aromatic rings. The molecule has 2 aromatic heterocycles.